The first-order valence-corrected chi connectivity index (χ1v) is 9.85. The first-order chi connectivity index (χ1) is 12.8. The number of benzene rings is 1. The van der Waals surface area contributed by atoms with E-state index < -0.39 is 0 Å². The fourth-order valence-electron chi connectivity index (χ4n) is 4.31. The Balaban J connectivity index is 1.22. The predicted octanol–water partition coefficient (Wildman–Crippen LogP) is 2.37. The third-order valence-electron chi connectivity index (χ3n) is 5.84. The van der Waals surface area contributed by atoms with Gasteiger partial charge in [0.15, 0.2) is 0 Å². The van der Waals surface area contributed by atoms with Crippen molar-refractivity contribution in [3.8, 4) is 0 Å². The van der Waals surface area contributed by atoms with Crippen molar-refractivity contribution < 1.29 is 4.79 Å². The minimum atomic E-state index is 0.297. The van der Waals surface area contributed by atoms with Crippen molar-refractivity contribution >= 4 is 5.91 Å². The third kappa shape index (κ3) is 3.98. The molecule has 1 aliphatic heterocycles. The molecule has 0 bridgehead atoms. The molecular formula is C21H28N4O. The summed E-state index contributed by atoms with van der Waals surface area (Å²) in [6.07, 6.45) is 8.81. The minimum Gasteiger partial charge on any atom is -0.340 e. The summed E-state index contributed by atoms with van der Waals surface area (Å²) in [5.74, 6) is 0.297. The summed E-state index contributed by atoms with van der Waals surface area (Å²) >= 11 is 0. The lowest BCUT2D eigenvalue weighted by Crippen LogP contribution is -2.53. The van der Waals surface area contributed by atoms with Crippen LogP contribution in [0, 0.1) is 0 Å². The standard InChI is InChI=1S/C21H28N4O/c26-21(7-3-11-25-12-4-10-22-25)24-15-13-23(14-16-24)20-9-8-18-5-1-2-6-19(18)17-20/h1-2,4-6,10,12,20H,3,7-9,11,13-17H2/t20-/m0/s1. The van der Waals surface area contributed by atoms with Crippen LogP contribution < -0.4 is 0 Å². The molecule has 1 fully saturated rings. The first kappa shape index (κ1) is 17.3. The highest BCUT2D eigenvalue weighted by atomic mass is 16.2. The Labute approximate surface area is 155 Å². The lowest BCUT2D eigenvalue weighted by Gasteiger charge is -2.41. The number of amides is 1. The van der Waals surface area contributed by atoms with E-state index in [1.165, 1.54) is 24.0 Å². The van der Waals surface area contributed by atoms with Crippen LogP contribution >= 0.6 is 0 Å². The summed E-state index contributed by atoms with van der Waals surface area (Å²) in [6.45, 7) is 4.59. The highest BCUT2D eigenvalue weighted by molar-refractivity contribution is 5.76. The van der Waals surface area contributed by atoms with E-state index in [4.69, 9.17) is 0 Å². The molecular weight excluding hydrogens is 324 g/mol. The van der Waals surface area contributed by atoms with Gasteiger partial charge in [0.25, 0.3) is 0 Å². The van der Waals surface area contributed by atoms with E-state index in [2.05, 4.69) is 39.2 Å². The molecule has 2 heterocycles. The van der Waals surface area contributed by atoms with Crippen LogP contribution in [0.15, 0.2) is 42.7 Å². The van der Waals surface area contributed by atoms with E-state index in [-0.39, 0.29) is 0 Å². The smallest absolute Gasteiger partial charge is 0.222 e. The minimum absolute atomic E-state index is 0.297. The number of piperazine rings is 1. The Bertz CT molecular complexity index is 719. The first-order valence-electron chi connectivity index (χ1n) is 9.85. The van der Waals surface area contributed by atoms with Crippen LogP contribution in [0.2, 0.25) is 0 Å². The van der Waals surface area contributed by atoms with E-state index in [1.54, 1.807) is 6.20 Å². The van der Waals surface area contributed by atoms with Gasteiger partial charge < -0.3 is 4.90 Å². The average molecular weight is 352 g/mol. The highest BCUT2D eigenvalue weighted by Crippen LogP contribution is 2.25. The molecule has 0 saturated carbocycles. The second kappa shape index (κ2) is 8.04. The quantitative estimate of drug-likeness (QED) is 0.830. The number of nitrogens with zero attached hydrogens (tertiary/aromatic N) is 4. The van der Waals surface area contributed by atoms with Crippen molar-refractivity contribution in [2.45, 2.75) is 44.7 Å². The molecule has 0 radical (unpaired) electrons. The number of rotatable bonds is 5. The maximum Gasteiger partial charge on any atom is 0.222 e. The topological polar surface area (TPSA) is 41.4 Å². The maximum absolute atomic E-state index is 12.5. The van der Waals surface area contributed by atoms with Crippen LogP contribution in [0.1, 0.15) is 30.4 Å². The van der Waals surface area contributed by atoms with Gasteiger partial charge in [-0.3, -0.25) is 14.4 Å². The molecule has 2 aromatic rings. The van der Waals surface area contributed by atoms with Crippen LogP contribution in [0.4, 0.5) is 0 Å². The van der Waals surface area contributed by atoms with Gasteiger partial charge in [-0.25, -0.2) is 0 Å². The van der Waals surface area contributed by atoms with Gasteiger partial charge in [-0.1, -0.05) is 24.3 Å². The van der Waals surface area contributed by atoms with Crippen LogP contribution in [-0.4, -0.2) is 57.7 Å². The van der Waals surface area contributed by atoms with E-state index in [1.807, 2.05) is 16.9 Å². The van der Waals surface area contributed by atoms with Crippen LogP contribution in [0.5, 0.6) is 0 Å². The van der Waals surface area contributed by atoms with Crippen LogP contribution in [0.25, 0.3) is 0 Å². The molecule has 26 heavy (non-hydrogen) atoms. The summed E-state index contributed by atoms with van der Waals surface area (Å²) in [4.78, 5) is 17.1. The van der Waals surface area contributed by atoms with Crippen molar-refractivity contribution in [2.75, 3.05) is 26.2 Å². The predicted molar refractivity (Wildman–Crippen MR) is 102 cm³/mol. The molecule has 1 aromatic heterocycles. The molecule has 138 valence electrons. The molecule has 5 nitrogen and oxygen atoms in total. The SMILES string of the molecule is O=C(CCCn1cccn1)N1CCN([C@H]2CCc3ccccc3C2)CC1. The van der Waals surface area contributed by atoms with Crippen molar-refractivity contribution in [1.82, 2.24) is 19.6 Å². The number of carbonyl (C=O) groups excluding carboxylic acids is 1. The Morgan fingerprint density at radius 3 is 2.65 bits per heavy atom. The largest absolute Gasteiger partial charge is 0.340 e. The van der Waals surface area contributed by atoms with Gasteiger partial charge in [-0.05, 0) is 42.9 Å². The fourth-order valence-corrected chi connectivity index (χ4v) is 4.31. The Hall–Kier alpha value is -2.14. The number of hydrogen-bond donors (Lipinski definition) is 0. The molecule has 1 aliphatic carbocycles. The van der Waals surface area contributed by atoms with Gasteiger partial charge >= 0.3 is 0 Å². The second-order valence-corrected chi connectivity index (χ2v) is 7.45. The number of aryl methyl sites for hydroxylation is 2. The van der Waals surface area contributed by atoms with Gasteiger partial charge in [-0.2, -0.15) is 5.10 Å². The lowest BCUT2D eigenvalue weighted by atomic mass is 9.87. The molecule has 0 unspecified atom stereocenters. The molecule has 1 amide bonds. The Kier molecular flexibility index (Phi) is 5.34. The number of carbonyl (C=O) groups is 1. The van der Waals surface area contributed by atoms with Gasteiger partial charge in [0, 0.05) is 57.6 Å². The van der Waals surface area contributed by atoms with Gasteiger partial charge in [0.1, 0.15) is 0 Å². The van der Waals surface area contributed by atoms with E-state index >= 15 is 0 Å². The van der Waals surface area contributed by atoms with Crippen LogP contribution in [-0.2, 0) is 24.2 Å². The molecule has 0 N–H and O–H groups in total. The molecule has 1 aromatic carbocycles. The average Bonchev–Trinajstić information content (AvgIpc) is 3.21. The maximum atomic E-state index is 12.5. The Morgan fingerprint density at radius 2 is 1.88 bits per heavy atom. The Morgan fingerprint density at radius 1 is 1.08 bits per heavy atom. The lowest BCUT2D eigenvalue weighted by molar-refractivity contribution is -0.133. The van der Waals surface area contributed by atoms with Crippen molar-refractivity contribution in [2.24, 2.45) is 0 Å². The molecule has 2 aliphatic rings. The molecule has 0 spiro atoms. The van der Waals surface area contributed by atoms with E-state index in [9.17, 15) is 4.79 Å². The number of fused-ring (bicyclic) bond motifs is 1. The molecule has 4 rings (SSSR count). The number of aromatic nitrogens is 2. The monoisotopic (exact) mass is 352 g/mol. The van der Waals surface area contributed by atoms with Crippen molar-refractivity contribution in [1.29, 1.82) is 0 Å². The van der Waals surface area contributed by atoms with Gasteiger partial charge in [-0.15, -0.1) is 0 Å². The van der Waals surface area contributed by atoms with E-state index in [0.717, 1.165) is 45.6 Å². The van der Waals surface area contributed by atoms with Crippen molar-refractivity contribution in [3.05, 3.63) is 53.9 Å². The zero-order valence-corrected chi connectivity index (χ0v) is 15.4. The normalized spacial score (nSPS) is 20.8. The summed E-state index contributed by atoms with van der Waals surface area (Å²) in [6, 6.07) is 11.4. The summed E-state index contributed by atoms with van der Waals surface area (Å²) in [5.41, 5.74) is 3.04. The third-order valence-corrected chi connectivity index (χ3v) is 5.84. The fraction of sp³-hybridized carbons (Fsp3) is 0.524. The molecule has 1 saturated heterocycles. The van der Waals surface area contributed by atoms with Crippen LogP contribution in [0.3, 0.4) is 0 Å². The summed E-state index contributed by atoms with van der Waals surface area (Å²) in [5, 5.41) is 4.19. The van der Waals surface area contributed by atoms with Gasteiger partial charge in [0.05, 0.1) is 0 Å². The summed E-state index contributed by atoms with van der Waals surface area (Å²) < 4.78 is 1.89. The number of hydrogen-bond acceptors (Lipinski definition) is 3. The van der Waals surface area contributed by atoms with Crippen molar-refractivity contribution in [3.63, 3.8) is 0 Å². The zero-order valence-electron chi connectivity index (χ0n) is 15.4. The molecule has 1 atom stereocenters. The zero-order chi connectivity index (χ0) is 17.8. The summed E-state index contributed by atoms with van der Waals surface area (Å²) in [7, 11) is 0. The van der Waals surface area contributed by atoms with Gasteiger partial charge in [0.2, 0.25) is 5.91 Å². The van der Waals surface area contributed by atoms with E-state index in [0.29, 0.717) is 18.4 Å². The second-order valence-electron chi connectivity index (χ2n) is 7.45. The highest BCUT2D eigenvalue weighted by Gasteiger charge is 2.28. The molecule has 5 heteroatoms.